The van der Waals surface area contributed by atoms with Crippen LogP contribution in [-0.2, 0) is 25.8 Å². The lowest BCUT2D eigenvalue weighted by Gasteiger charge is -2.18. The molecule has 104 valence electrons. The molecule has 0 N–H and O–H groups in total. The third-order valence-electron chi connectivity index (χ3n) is 2.72. The Labute approximate surface area is 113 Å². The minimum absolute atomic E-state index is 0.0410. The number of rotatable bonds is 6. The maximum absolute atomic E-state index is 11.7. The fourth-order valence-electron chi connectivity index (χ4n) is 1.53. The van der Waals surface area contributed by atoms with E-state index in [4.69, 9.17) is 9.57 Å². The quantitative estimate of drug-likeness (QED) is 0.581. The van der Waals surface area contributed by atoms with Gasteiger partial charge in [-0.25, -0.2) is 5.06 Å². The number of benzene rings is 1. The summed E-state index contributed by atoms with van der Waals surface area (Å²) in [6.45, 7) is 1.89. The fraction of sp³-hybridized carbons (Fsp3) is 0.429. The lowest BCUT2D eigenvalue weighted by atomic mass is 10.1. The second-order valence-electron chi connectivity index (χ2n) is 4.27. The Bertz CT molecular complexity index is 419. The van der Waals surface area contributed by atoms with Gasteiger partial charge in [-0.2, -0.15) is 0 Å². The first kappa shape index (κ1) is 15.2. The molecule has 0 unspecified atom stereocenters. The SMILES string of the molecule is CON(C)C(=O)[C@H](C)CC(=O)OCc1ccccc1. The zero-order valence-electron chi connectivity index (χ0n) is 11.5. The predicted molar refractivity (Wildman–Crippen MR) is 69.8 cm³/mol. The number of carbonyl (C=O) groups excluding carboxylic acids is 2. The number of hydrogen-bond acceptors (Lipinski definition) is 4. The summed E-state index contributed by atoms with van der Waals surface area (Å²) < 4.78 is 5.11. The number of amides is 1. The molecule has 0 fully saturated rings. The summed E-state index contributed by atoms with van der Waals surface area (Å²) in [6, 6.07) is 9.40. The van der Waals surface area contributed by atoms with Gasteiger partial charge in [0.15, 0.2) is 0 Å². The Kier molecular flexibility index (Phi) is 6.02. The molecule has 0 aromatic heterocycles. The minimum Gasteiger partial charge on any atom is -0.461 e. The van der Waals surface area contributed by atoms with E-state index in [2.05, 4.69) is 0 Å². The number of esters is 1. The van der Waals surface area contributed by atoms with Gasteiger partial charge in [0.2, 0.25) is 5.91 Å². The van der Waals surface area contributed by atoms with Crippen molar-refractivity contribution in [3.63, 3.8) is 0 Å². The van der Waals surface area contributed by atoms with Crippen LogP contribution in [0.2, 0.25) is 0 Å². The molecular weight excluding hydrogens is 246 g/mol. The molecule has 0 aliphatic rings. The average molecular weight is 265 g/mol. The van der Waals surface area contributed by atoms with Crippen LogP contribution in [0.25, 0.3) is 0 Å². The van der Waals surface area contributed by atoms with Gasteiger partial charge in [-0.1, -0.05) is 37.3 Å². The Balaban J connectivity index is 2.37. The molecule has 1 amide bonds. The minimum atomic E-state index is -0.465. The van der Waals surface area contributed by atoms with Crippen molar-refractivity contribution in [1.82, 2.24) is 5.06 Å². The van der Waals surface area contributed by atoms with Crippen molar-refractivity contribution in [2.24, 2.45) is 5.92 Å². The highest BCUT2D eigenvalue weighted by Gasteiger charge is 2.21. The van der Waals surface area contributed by atoms with E-state index in [9.17, 15) is 9.59 Å². The number of hydrogen-bond donors (Lipinski definition) is 0. The molecule has 1 aromatic rings. The van der Waals surface area contributed by atoms with E-state index in [1.165, 1.54) is 14.2 Å². The van der Waals surface area contributed by atoms with Gasteiger partial charge in [-0.15, -0.1) is 0 Å². The summed E-state index contributed by atoms with van der Waals surface area (Å²) in [7, 11) is 2.91. The molecule has 0 aliphatic heterocycles. The van der Waals surface area contributed by atoms with Gasteiger partial charge in [0, 0.05) is 13.0 Å². The highest BCUT2D eigenvalue weighted by Crippen LogP contribution is 2.09. The summed E-state index contributed by atoms with van der Waals surface area (Å²) in [5, 5.41) is 1.11. The molecule has 5 nitrogen and oxygen atoms in total. The zero-order valence-corrected chi connectivity index (χ0v) is 11.5. The van der Waals surface area contributed by atoms with E-state index in [-0.39, 0.29) is 18.9 Å². The first-order valence-electron chi connectivity index (χ1n) is 6.05. The summed E-state index contributed by atoms with van der Waals surface area (Å²) >= 11 is 0. The summed E-state index contributed by atoms with van der Waals surface area (Å²) in [5.41, 5.74) is 0.920. The van der Waals surface area contributed by atoms with Crippen LogP contribution in [0.15, 0.2) is 30.3 Å². The molecule has 0 heterocycles. The van der Waals surface area contributed by atoms with Gasteiger partial charge in [0.1, 0.15) is 6.61 Å². The van der Waals surface area contributed by atoms with Crippen molar-refractivity contribution in [3.8, 4) is 0 Å². The molecular formula is C14H19NO4. The molecule has 0 radical (unpaired) electrons. The Morgan fingerprint density at radius 3 is 2.47 bits per heavy atom. The van der Waals surface area contributed by atoms with Gasteiger partial charge in [0.25, 0.3) is 0 Å². The molecule has 1 aromatic carbocycles. The molecule has 0 saturated carbocycles. The second kappa shape index (κ2) is 7.53. The number of ether oxygens (including phenoxy) is 1. The molecule has 0 aliphatic carbocycles. The lowest BCUT2D eigenvalue weighted by Crippen LogP contribution is -2.32. The monoisotopic (exact) mass is 265 g/mol. The van der Waals surface area contributed by atoms with Crippen molar-refractivity contribution in [3.05, 3.63) is 35.9 Å². The number of carbonyl (C=O) groups is 2. The normalized spacial score (nSPS) is 11.7. The fourth-order valence-corrected chi connectivity index (χ4v) is 1.53. The Morgan fingerprint density at radius 1 is 1.26 bits per heavy atom. The summed E-state index contributed by atoms with van der Waals surface area (Å²) in [5.74, 6) is -1.11. The van der Waals surface area contributed by atoms with Crippen LogP contribution in [-0.4, -0.2) is 31.1 Å². The third kappa shape index (κ3) is 5.09. The largest absolute Gasteiger partial charge is 0.461 e. The van der Waals surface area contributed by atoms with Crippen LogP contribution >= 0.6 is 0 Å². The topological polar surface area (TPSA) is 55.8 Å². The van der Waals surface area contributed by atoms with Crippen LogP contribution in [0.4, 0.5) is 0 Å². The van der Waals surface area contributed by atoms with Gasteiger partial charge >= 0.3 is 5.97 Å². The van der Waals surface area contributed by atoms with E-state index < -0.39 is 11.9 Å². The Hall–Kier alpha value is -1.88. The standard InChI is InChI=1S/C14H19NO4/c1-11(14(17)15(2)18-3)9-13(16)19-10-12-7-5-4-6-8-12/h4-8,11H,9-10H2,1-3H3/t11-/m1/s1. The van der Waals surface area contributed by atoms with Crippen molar-refractivity contribution in [2.75, 3.05) is 14.2 Å². The Morgan fingerprint density at radius 2 is 1.89 bits per heavy atom. The predicted octanol–water partition coefficient (Wildman–Crippen LogP) is 1.78. The van der Waals surface area contributed by atoms with E-state index in [0.717, 1.165) is 10.6 Å². The lowest BCUT2D eigenvalue weighted by molar-refractivity contribution is -0.174. The molecule has 5 heteroatoms. The molecule has 0 bridgehead atoms. The molecule has 0 spiro atoms. The number of hydroxylamine groups is 2. The third-order valence-corrected chi connectivity index (χ3v) is 2.72. The van der Waals surface area contributed by atoms with Gasteiger partial charge in [0.05, 0.1) is 13.5 Å². The van der Waals surface area contributed by atoms with E-state index in [1.807, 2.05) is 30.3 Å². The van der Waals surface area contributed by atoms with E-state index in [1.54, 1.807) is 6.92 Å². The highest BCUT2D eigenvalue weighted by atomic mass is 16.7. The van der Waals surface area contributed by atoms with Crippen LogP contribution in [0.3, 0.4) is 0 Å². The first-order chi connectivity index (χ1) is 9.04. The maximum atomic E-state index is 11.7. The van der Waals surface area contributed by atoms with Crippen LogP contribution in [0.1, 0.15) is 18.9 Å². The van der Waals surface area contributed by atoms with Crippen molar-refractivity contribution >= 4 is 11.9 Å². The van der Waals surface area contributed by atoms with Gasteiger partial charge < -0.3 is 4.74 Å². The van der Waals surface area contributed by atoms with Crippen LogP contribution in [0, 0.1) is 5.92 Å². The second-order valence-corrected chi connectivity index (χ2v) is 4.27. The summed E-state index contributed by atoms with van der Waals surface area (Å²) in [4.78, 5) is 28.1. The van der Waals surface area contributed by atoms with Crippen molar-refractivity contribution in [2.45, 2.75) is 20.0 Å². The molecule has 0 saturated heterocycles. The van der Waals surface area contributed by atoms with Crippen molar-refractivity contribution < 1.29 is 19.2 Å². The molecule has 19 heavy (non-hydrogen) atoms. The first-order valence-corrected chi connectivity index (χ1v) is 6.05. The summed E-state index contributed by atoms with van der Waals surface area (Å²) in [6.07, 6.45) is 0.0410. The van der Waals surface area contributed by atoms with Gasteiger partial charge in [-0.05, 0) is 5.56 Å². The highest BCUT2D eigenvalue weighted by molar-refractivity contribution is 5.82. The zero-order chi connectivity index (χ0) is 14.3. The van der Waals surface area contributed by atoms with Crippen LogP contribution in [0.5, 0.6) is 0 Å². The smallest absolute Gasteiger partial charge is 0.306 e. The van der Waals surface area contributed by atoms with E-state index in [0.29, 0.717) is 0 Å². The molecule has 1 rings (SSSR count). The van der Waals surface area contributed by atoms with Crippen molar-refractivity contribution in [1.29, 1.82) is 0 Å². The van der Waals surface area contributed by atoms with Gasteiger partial charge in [-0.3, -0.25) is 14.4 Å². The van der Waals surface area contributed by atoms with E-state index >= 15 is 0 Å². The maximum Gasteiger partial charge on any atom is 0.306 e. The average Bonchev–Trinajstić information content (AvgIpc) is 2.44. The number of nitrogens with zero attached hydrogens (tertiary/aromatic N) is 1. The molecule has 1 atom stereocenters. The van der Waals surface area contributed by atoms with Crippen LogP contribution < -0.4 is 0 Å².